The zero-order valence-corrected chi connectivity index (χ0v) is 9.69. The SMILES string of the molecule is C=CCOCC1COC(C(Cl)(Cl)Cl)O1. The van der Waals surface area contributed by atoms with Crippen molar-refractivity contribution in [3.8, 4) is 0 Å². The highest BCUT2D eigenvalue weighted by Crippen LogP contribution is 2.36. The molecular weight excluding hydrogens is 250 g/mol. The Bertz CT molecular complexity index is 193. The highest BCUT2D eigenvalue weighted by atomic mass is 35.6. The number of ether oxygens (including phenoxy) is 3. The molecule has 1 aliphatic heterocycles. The summed E-state index contributed by atoms with van der Waals surface area (Å²) in [4.78, 5) is 0. The Morgan fingerprint density at radius 3 is 2.71 bits per heavy atom. The van der Waals surface area contributed by atoms with Gasteiger partial charge in [0.25, 0.3) is 0 Å². The summed E-state index contributed by atoms with van der Waals surface area (Å²) in [5, 5.41) is 0. The van der Waals surface area contributed by atoms with E-state index in [1.54, 1.807) is 6.08 Å². The third-order valence-electron chi connectivity index (χ3n) is 1.56. The summed E-state index contributed by atoms with van der Waals surface area (Å²) >= 11 is 16.8. The van der Waals surface area contributed by atoms with Crippen molar-refractivity contribution < 1.29 is 14.2 Å². The lowest BCUT2D eigenvalue weighted by Gasteiger charge is -2.18. The van der Waals surface area contributed by atoms with E-state index in [0.29, 0.717) is 19.8 Å². The fourth-order valence-electron chi connectivity index (χ4n) is 0.990. The molecule has 2 unspecified atom stereocenters. The molecule has 0 aromatic rings. The fourth-order valence-corrected chi connectivity index (χ4v) is 1.33. The van der Waals surface area contributed by atoms with Crippen LogP contribution in [0.25, 0.3) is 0 Å². The molecule has 82 valence electrons. The lowest BCUT2D eigenvalue weighted by Crippen LogP contribution is -2.28. The van der Waals surface area contributed by atoms with Crippen molar-refractivity contribution in [2.45, 2.75) is 16.2 Å². The van der Waals surface area contributed by atoms with Crippen molar-refractivity contribution in [3.05, 3.63) is 12.7 Å². The molecule has 0 aromatic carbocycles. The lowest BCUT2D eigenvalue weighted by atomic mass is 10.4. The molecule has 0 bridgehead atoms. The summed E-state index contributed by atoms with van der Waals surface area (Å²) in [7, 11) is 0. The summed E-state index contributed by atoms with van der Waals surface area (Å²) < 4.78 is 14.1. The monoisotopic (exact) mass is 260 g/mol. The molecule has 0 saturated carbocycles. The van der Waals surface area contributed by atoms with Crippen LogP contribution in [0.2, 0.25) is 0 Å². The van der Waals surface area contributed by atoms with Crippen LogP contribution in [0.5, 0.6) is 0 Å². The van der Waals surface area contributed by atoms with Gasteiger partial charge in [0, 0.05) is 0 Å². The Labute approximate surface area is 97.8 Å². The normalized spacial score (nSPS) is 27.9. The van der Waals surface area contributed by atoms with Crippen LogP contribution in [0.3, 0.4) is 0 Å². The molecule has 1 fully saturated rings. The molecule has 0 aromatic heterocycles. The van der Waals surface area contributed by atoms with Crippen molar-refractivity contribution in [2.24, 2.45) is 0 Å². The molecule has 1 aliphatic rings. The van der Waals surface area contributed by atoms with Gasteiger partial charge in [0.2, 0.25) is 10.1 Å². The van der Waals surface area contributed by atoms with Gasteiger partial charge in [0.1, 0.15) is 6.10 Å². The van der Waals surface area contributed by atoms with Gasteiger partial charge < -0.3 is 14.2 Å². The van der Waals surface area contributed by atoms with Gasteiger partial charge in [0.15, 0.2) is 0 Å². The van der Waals surface area contributed by atoms with E-state index in [4.69, 9.17) is 49.0 Å². The number of hydrogen-bond donors (Lipinski definition) is 0. The minimum Gasteiger partial charge on any atom is -0.375 e. The van der Waals surface area contributed by atoms with Gasteiger partial charge in [-0.2, -0.15) is 0 Å². The number of alkyl halides is 3. The van der Waals surface area contributed by atoms with Gasteiger partial charge in [-0.25, -0.2) is 0 Å². The molecule has 1 saturated heterocycles. The molecule has 0 N–H and O–H groups in total. The van der Waals surface area contributed by atoms with Gasteiger partial charge in [-0.15, -0.1) is 6.58 Å². The topological polar surface area (TPSA) is 27.7 Å². The molecular formula is C8H11Cl3O3. The second-order valence-corrected chi connectivity index (χ2v) is 5.16. The van der Waals surface area contributed by atoms with E-state index in [0.717, 1.165) is 0 Å². The van der Waals surface area contributed by atoms with Crippen molar-refractivity contribution in [1.29, 1.82) is 0 Å². The summed E-state index contributed by atoms with van der Waals surface area (Å²) in [6, 6.07) is 0. The Hall–Kier alpha value is 0.490. The van der Waals surface area contributed by atoms with E-state index >= 15 is 0 Å². The molecule has 1 rings (SSSR count). The molecule has 0 radical (unpaired) electrons. The quantitative estimate of drug-likeness (QED) is 0.441. The molecule has 0 aliphatic carbocycles. The third kappa shape index (κ3) is 3.93. The van der Waals surface area contributed by atoms with Gasteiger partial charge in [-0.3, -0.25) is 0 Å². The standard InChI is InChI=1S/C8H11Cl3O3/c1-2-3-12-4-6-5-13-7(14-6)8(9,10)11/h2,6-7H,1,3-5H2. The maximum absolute atomic E-state index is 5.59. The molecule has 2 atom stereocenters. The maximum Gasteiger partial charge on any atom is 0.240 e. The lowest BCUT2D eigenvalue weighted by molar-refractivity contribution is -0.0660. The first-order valence-corrected chi connectivity index (χ1v) is 5.20. The number of halogens is 3. The summed E-state index contributed by atoms with van der Waals surface area (Å²) in [6.45, 7) is 4.77. The van der Waals surface area contributed by atoms with Crippen molar-refractivity contribution in [3.63, 3.8) is 0 Å². The van der Waals surface area contributed by atoms with Crippen LogP contribution >= 0.6 is 34.8 Å². The van der Waals surface area contributed by atoms with Gasteiger partial charge in [-0.05, 0) is 0 Å². The first kappa shape index (κ1) is 12.6. The second kappa shape index (κ2) is 5.54. The Balaban J connectivity index is 2.24. The van der Waals surface area contributed by atoms with Crippen LogP contribution in [-0.4, -0.2) is 36.0 Å². The summed E-state index contributed by atoms with van der Waals surface area (Å²) in [5.41, 5.74) is 0. The third-order valence-corrected chi connectivity index (χ3v) is 2.09. The van der Waals surface area contributed by atoms with E-state index < -0.39 is 10.1 Å². The summed E-state index contributed by atoms with van der Waals surface area (Å²) in [6.07, 6.45) is 0.655. The van der Waals surface area contributed by atoms with Crippen LogP contribution in [0.15, 0.2) is 12.7 Å². The largest absolute Gasteiger partial charge is 0.375 e. The zero-order chi connectivity index (χ0) is 10.6. The van der Waals surface area contributed by atoms with E-state index in [9.17, 15) is 0 Å². The zero-order valence-electron chi connectivity index (χ0n) is 7.42. The fraction of sp³-hybridized carbons (Fsp3) is 0.750. The first-order valence-electron chi connectivity index (χ1n) is 4.06. The predicted molar refractivity (Wildman–Crippen MR) is 55.9 cm³/mol. The van der Waals surface area contributed by atoms with Crippen LogP contribution in [0, 0.1) is 0 Å². The van der Waals surface area contributed by atoms with Gasteiger partial charge in [-0.1, -0.05) is 40.9 Å². The molecule has 0 spiro atoms. The van der Waals surface area contributed by atoms with Crippen LogP contribution in [-0.2, 0) is 14.2 Å². The highest BCUT2D eigenvalue weighted by Gasteiger charge is 2.41. The predicted octanol–water partition coefficient (Wildman–Crippen LogP) is 2.30. The smallest absolute Gasteiger partial charge is 0.240 e. The molecule has 0 amide bonds. The number of hydrogen-bond acceptors (Lipinski definition) is 3. The van der Waals surface area contributed by atoms with Crippen LogP contribution in [0.1, 0.15) is 0 Å². The molecule has 14 heavy (non-hydrogen) atoms. The van der Waals surface area contributed by atoms with Crippen molar-refractivity contribution >= 4 is 34.8 Å². The van der Waals surface area contributed by atoms with Crippen molar-refractivity contribution in [1.82, 2.24) is 0 Å². The second-order valence-electron chi connectivity index (χ2n) is 2.79. The van der Waals surface area contributed by atoms with Crippen molar-refractivity contribution in [2.75, 3.05) is 19.8 Å². The van der Waals surface area contributed by atoms with E-state index in [-0.39, 0.29) is 6.10 Å². The van der Waals surface area contributed by atoms with E-state index in [1.165, 1.54) is 0 Å². The molecule has 1 heterocycles. The average molecular weight is 262 g/mol. The van der Waals surface area contributed by atoms with Gasteiger partial charge in [0.05, 0.1) is 19.8 Å². The minimum atomic E-state index is -1.55. The Kier molecular flexibility index (Phi) is 4.97. The number of rotatable bonds is 4. The van der Waals surface area contributed by atoms with E-state index in [2.05, 4.69) is 6.58 Å². The first-order chi connectivity index (χ1) is 6.54. The highest BCUT2D eigenvalue weighted by molar-refractivity contribution is 6.67. The minimum absolute atomic E-state index is 0.185. The van der Waals surface area contributed by atoms with Crippen LogP contribution in [0.4, 0.5) is 0 Å². The average Bonchev–Trinajstić information content (AvgIpc) is 2.52. The van der Waals surface area contributed by atoms with Crippen LogP contribution < -0.4 is 0 Å². The maximum atomic E-state index is 5.59. The Morgan fingerprint density at radius 2 is 2.21 bits per heavy atom. The molecule has 6 heteroatoms. The van der Waals surface area contributed by atoms with Gasteiger partial charge >= 0.3 is 0 Å². The Morgan fingerprint density at radius 1 is 1.50 bits per heavy atom. The summed E-state index contributed by atoms with van der Waals surface area (Å²) in [5.74, 6) is 0. The van der Waals surface area contributed by atoms with E-state index in [1.807, 2.05) is 0 Å². The molecule has 3 nitrogen and oxygen atoms in total.